The van der Waals surface area contributed by atoms with Crippen LogP contribution in [0.25, 0.3) is 0 Å². The van der Waals surface area contributed by atoms with Crippen LogP contribution in [0.3, 0.4) is 0 Å². The van der Waals surface area contributed by atoms with E-state index in [0.29, 0.717) is 12.6 Å². The number of hydrogen-bond acceptors (Lipinski definition) is 3. The SMILES string of the molecule is CCCNCc1cccc(Cl)c1N(CCO)C(CC)CC. The van der Waals surface area contributed by atoms with Crippen LogP contribution in [0.4, 0.5) is 5.69 Å². The molecule has 0 saturated heterocycles. The number of anilines is 1. The Morgan fingerprint density at radius 2 is 1.95 bits per heavy atom. The fourth-order valence-electron chi connectivity index (χ4n) is 2.74. The fraction of sp³-hybridized carbons (Fsp3) is 0.647. The predicted octanol–water partition coefficient (Wildman–Crippen LogP) is 3.83. The lowest BCUT2D eigenvalue weighted by atomic mass is 10.1. The van der Waals surface area contributed by atoms with E-state index >= 15 is 0 Å². The number of halogens is 1. The maximum Gasteiger partial charge on any atom is 0.0643 e. The number of nitrogens with zero attached hydrogens (tertiary/aromatic N) is 1. The third-order valence-electron chi connectivity index (χ3n) is 3.82. The molecule has 0 saturated carbocycles. The molecule has 0 aliphatic carbocycles. The minimum atomic E-state index is 0.142. The maximum atomic E-state index is 9.43. The van der Waals surface area contributed by atoms with Gasteiger partial charge in [0.05, 0.1) is 17.3 Å². The number of hydrogen-bond donors (Lipinski definition) is 2. The first-order chi connectivity index (χ1) is 10.2. The van der Waals surface area contributed by atoms with E-state index in [-0.39, 0.29) is 6.61 Å². The fourth-order valence-corrected chi connectivity index (χ4v) is 3.04. The van der Waals surface area contributed by atoms with Crippen LogP contribution in [-0.2, 0) is 6.54 Å². The molecule has 0 aliphatic heterocycles. The summed E-state index contributed by atoms with van der Waals surface area (Å²) < 4.78 is 0. The van der Waals surface area contributed by atoms with Gasteiger partial charge in [-0.2, -0.15) is 0 Å². The Kier molecular flexibility index (Phi) is 8.74. The molecule has 2 N–H and O–H groups in total. The summed E-state index contributed by atoms with van der Waals surface area (Å²) in [7, 11) is 0. The molecule has 0 fully saturated rings. The second-order valence-electron chi connectivity index (χ2n) is 5.31. The van der Waals surface area contributed by atoms with Gasteiger partial charge in [0.2, 0.25) is 0 Å². The number of benzene rings is 1. The predicted molar refractivity (Wildman–Crippen MR) is 92.3 cm³/mol. The van der Waals surface area contributed by atoms with E-state index in [9.17, 15) is 5.11 Å². The van der Waals surface area contributed by atoms with E-state index < -0.39 is 0 Å². The molecule has 21 heavy (non-hydrogen) atoms. The summed E-state index contributed by atoms with van der Waals surface area (Å²) in [5.74, 6) is 0. The number of aliphatic hydroxyl groups excluding tert-OH is 1. The van der Waals surface area contributed by atoms with Gasteiger partial charge in [0.1, 0.15) is 0 Å². The zero-order valence-electron chi connectivity index (χ0n) is 13.5. The van der Waals surface area contributed by atoms with Crippen molar-refractivity contribution in [3.63, 3.8) is 0 Å². The van der Waals surface area contributed by atoms with Gasteiger partial charge < -0.3 is 15.3 Å². The molecule has 0 heterocycles. The van der Waals surface area contributed by atoms with Crippen LogP contribution in [-0.4, -0.2) is 30.8 Å². The van der Waals surface area contributed by atoms with Crippen molar-refractivity contribution in [2.45, 2.75) is 52.6 Å². The Labute approximate surface area is 134 Å². The van der Waals surface area contributed by atoms with Gasteiger partial charge in [-0.25, -0.2) is 0 Å². The van der Waals surface area contributed by atoms with Crippen molar-refractivity contribution in [3.05, 3.63) is 28.8 Å². The number of aliphatic hydroxyl groups is 1. The quantitative estimate of drug-likeness (QED) is 0.645. The van der Waals surface area contributed by atoms with Crippen LogP contribution in [0.1, 0.15) is 45.6 Å². The van der Waals surface area contributed by atoms with Gasteiger partial charge in [-0.3, -0.25) is 0 Å². The summed E-state index contributed by atoms with van der Waals surface area (Å²) in [5.41, 5.74) is 2.28. The van der Waals surface area contributed by atoms with Crippen LogP contribution in [0, 0.1) is 0 Å². The Morgan fingerprint density at radius 1 is 1.24 bits per heavy atom. The molecule has 0 radical (unpaired) electrons. The first-order valence-corrected chi connectivity index (χ1v) is 8.42. The Hall–Kier alpha value is -0.770. The lowest BCUT2D eigenvalue weighted by Crippen LogP contribution is -2.38. The molecule has 0 aliphatic rings. The average Bonchev–Trinajstić information content (AvgIpc) is 2.48. The summed E-state index contributed by atoms with van der Waals surface area (Å²) >= 11 is 6.48. The smallest absolute Gasteiger partial charge is 0.0643 e. The summed E-state index contributed by atoms with van der Waals surface area (Å²) in [6, 6.07) is 6.46. The average molecular weight is 313 g/mol. The van der Waals surface area contributed by atoms with Crippen LogP contribution < -0.4 is 10.2 Å². The van der Waals surface area contributed by atoms with E-state index in [2.05, 4.69) is 37.1 Å². The second-order valence-corrected chi connectivity index (χ2v) is 5.72. The molecule has 0 unspecified atom stereocenters. The van der Waals surface area contributed by atoms with Crippen molar-refractivity contribution in [2.24, 2.45) is 0 Å². The molecular formula is C17H29ClN2O. The molecule has 1 aromatic carbocycles. The van der Waals surface area contributed by atoms with Crippen LogP contribution in [0.2, 0.25) is 5.02 Å². The molecule has 1 aromatic rings. The van der Waals surface area contributed by atoms with Gasteiger partial charge in [0.25, 0.3) is 0 Å². The van der Waals surface area contributed by atoms with Crippen LogP contribution in [0.15, 0.2) is 18.2 Å². The molecule has 0 bridgehead atoms. The normalized spacial score (nSPS) is 11.1. The van der Waals surface area contributed by atoms with Crippen molar-refractivity contribution in [3.8, 4) is 0 Å². The molecule has 0 aromatic heterocycles. The summed E-state index contributed by atoms with van der Waals surface area (Å²) in [6.45, 7) is 9.10. The summed E-state index contributed by atoms with van der Waals surface area (Å²) in [5, 5.41) is 13.6. The molecular weight excluding hydrogens is 284 g/mol. The second kappa shape index (κ2) is 10.0. The van der Waals surface area contributed by atoms with Gasteiger partial charge in [0.15, 0.2) is 0 Å². The molecule has 120 valence electrons. The third-order valence-corrected chi connectivity index (χ3v) is 4.13. The van der Waals surface area contributed by atoms with Crippen molar-refractivity contribution in [1.82, 2.24) is 5.32 Å². The zero-order chi connectivity index (χ0) is 15.7. The van der Waals surface area contributed by atoms with Crippen molar-refractivity contribution in [1.29, 1.82) is 0 Å². The Bertz CT molecular complexity index is 408. The van der Waals surface area contributed by atoms with Gasteiger partial charge in [0, 0.05) is 19.1 Å². The summed E-state index contributed by atoms with van der Waals surface area (Å²) in [4.78, 5) is 2.27. The largest absolute Gasteiger partial charge is 0.395 e. The third kappa shape index (κ3) is 5.17. The number of nitrogens with one attached hydrogen (secondary N) is 1. The van der Waals surface area contributed by atoms with Gasteiger partial charge in [-0.05, 0) is 37.4 Å². The molecule has 0 atom stereocenters. The standard InChI is InChI=1S/C17H29ClN2O/c1-4-10-19-13-14-8-7-9-16(18)17(14)20(11-12-21)15(5-2)6-3/h7-9,15,19,21H,4-6,10-13H2,1-3H3. The highest BCUT2D eigenvalue weighted by Crippen LogP contribution is 2.32. The molecule has 0 spiro atoms. The van der Waals surface area contributed by atoms with Gasteiger partial charge >= 0.3 is 0 Å². The molecule has 3 nitrogen and oxygen atoms in total. The Morgan fingerprint density at radius 3 is 2.52 bits per heavy atom. The number of para-hydroxylation sites is 1. The van der Waals surface area contributed by atoms with Gasteiger partial charge in [-0.15, -0.1) is 0 Å². The van der Waals surface area contributed by atoms with E-state index in [1.54, 1.807) is 0 Å². The van der Waals surface area contributed by atoms with E-state index in [1.165, 1.54) is 5.56 Å². The number of rotatable bonds is 10. The highest BCUT2D eigenvalue weighted by atomic mass is 35.5. The van der Waals surface area contributed by atoms with E-state index in [4.69, 9.17) is 11.6 Å². The van der Waals surface area contributed by atoms with E-state index in [1.807, 2.05) is 12.1 Å². The minimum absolute atomic E-state index is 0.142. The van der Waals surface area contributed by atoms with Crippen LogP contribution in [0.5, 0.6) is 0 Å². The van der Waals surface area contributed by atoms with Crippen molar-refractivity contribution in [2.75, 3.05) is 24.6 Å². The van der Waals surface area contributed by atoms with Gasteiger partial charge in [-0.1, -0.05) is 44.5 Å². The highest BCUT2D eigenvalue weighted by Gasteiger charge is 2.20. The first kappa shape index (κ1) is 18.3. The molecule has 0 amide bonds. The Balaban J connectivity index is 3.09. The minimum Gasteiger partial charge on any atom is -0.395 e. The molecule has 1 rings (SSSR count). The lowest BCUT2D eigenvalue weighted by molar-refractivity contribution is 0.296. The maximum absolute atomic E-state index is 9.43. The monoisotopic (exact) mass is 312 g/mol. The topological polar surface area (TPSA) is 35.5 Å². The van der Waals surface area contributed by atoms with Crippen LogP contribution >= 0.6 is 11.6 Å². The first-order valence-electron chi connectivity index (χ1n) is 8.05. The highest BCUT2D eigenvalue weighted by molar-refractivity contribution is 6.33. The van der Waals surface area contributed by atoms with Crippen molar-refractivity contribution >= 4 is 17.3 Å². The lowest BCUT2D eigenvalue weighted by Gasteiger charge is -2.34. The zero-order valence-corrected chi connectivity index (χ0v) is 14.3. The van der Waals surface area contributed by atoms with E-state index in [0.717, 1.165) is 43.1 Å². The molecule has 4 heteroatoms. The summed E-state index contributed by atoms with van der Waals surface area (Å²) in [6.07, 6.45) is 3.20. The van der Waals surface area contributed by atoms with Crippen molar-refractivity contribution < 1.29 is 5.11 Å².